The molecule has 0 amide bonds. The fourth-order valence-corrected chi connectivity index (χ4v) is 4.28. The molecule has 0 aliphatic heterocycles. The highest BCUT2D eigenvalue weighted by Crippen LogP contribution is 2.43. The van der Waals surface area contributed by atoms with Crippen molar-refractivity contribution in [3.8, 4) is 11.5 Å². The lowest BCUT2D eigenvalue weighted by Crippen LogP contribution is -2.22. The monoisotopic (exact) mass is 409 g/mol. The molecule has 0 aromatic heterocycles. The van der Waals surface area contributed by atoms with Gasteiger partial charge in [-0.1, -0.05) is 42.0 Å². The third-order valence-electron chi connectivity index (χ3n) is 4.74. The summed E-state index contributed by atoms with van der Waals surface area (Å²) in [7, 11) is -4.10. The van der Waals surface area contributed by atoms with Crippen LogP contribution in [0.15, 0.2) is 59.5 Å². The van der Waals surface area contributed by atoms with Crippen LogP contribution in [0.5, 0.6) is 11.5 Å². The zero-order valence-corrected chi connectivity index (χ0v) is 15.9. The standard InChI is InChI=1S/C21H15NO6S/c1-11-6-8-12(9-7-11)29(27,28)22-16-10-15-17(21(26)20(16)25)19(24)14-5-3-2-4-13(14)18(15)23/h2-10,22,25-26H,1H3. The minimum Gasteiger partial charge on any atom is -0.504 e. The molecule has 3 aromatic rings. The largest absolute Gasteiger partial charge is 0.504 e. The van der Waals surface area contributed by atoms with E-state index in [2.05, 4.69) is 4.72 Å². The maximum Gasteiger partial charge on any atom is 0.262 e. The maximum absolute atomic E-state index is 12.8. The van der Waals surface area contributed by atoms with Gasteiger partial charge in [0.25, 0.3) is 10.0 Å². The van der Waals surface area contributed by atoms with Crippen molar-refractivity contribution in [2.24, 2.45) is 0 Å². The molecular weight excluding hydrogens is 394 g/mol. The van der Waals surface area contributed by atoms with Gasteiger partial charge in [-0.3, -0.25) is 14.3 Å². The summed E-state index contributed by atoms with van der Waals surface area (Å²) in [6.45, 7) is 1.80. The predicted octanol–water partition coefficient (Wildman–Crippen LogP) is 2.98. The van der Waals surface area contributed by atoms with Crippen LogP contribution in [0.25, 0.3) is 0 Å². The number of sulfonamides is 1. The molecule has 7 nitrogen and oxygen atoms in total. The van der Waals surface area contributed by atoms with E-state index in [1.54, 1.807) is 31.2 Å². The molecule has 0 spiro atoms. The Labute approximate surface area is 166 Å². The Balaban J connectivity index is 1.84. The topological polar surface area (TPSA) is 121 Å². The molecule has 0 bridgehead atoms. The van der Waals surface area contributed by atoms with Gasteiger partial charge < -0.3 is 10.2 Å². The number of ketones is 2. The van der Waals surface area contributed by atoms with E-state index in [-0.39, 0.29) is 27.1 Å². The van der Waals surface area contributed by atoms with Gasteiger partial charge in [0.1, 0.15) is 0 Å². The molecule has 0 radical (unpaired) electrons. The molecule has 0 heterocycles. The Morgan fingerprint density at radius 1 is 0.793 bits per heavy atom. The third-order valence-corrected chi connectivity index (χ3v) is 6.12. The summed E-state index contributed by atoms with van der Waals surface area (Å²) >= 11 is 0. The number of phenolic OH excluding ortho intramolecular Hbond substituents is 2. The second-order valence-corrected chi connectivity index (χ2v) is 8.35. The zero-order chi connectivity index (χ0) is 20.9. The lowest BCUT2D eigenvalue weighted by atomic mass is 9.83. The Morgan fingerprint density at radius 2 is 1.38 bits per heavy atom. The van der Waals surface area contributed by atoms with Crippen molar-refractivity contribution in [2.75, 3.05) is 4.72 Å². The first-order valence-corrected chi connectivity index (χ1v) is 10.1. The number of fused-ring (bicyclic) bond motifs is 2. The van der Waals surface area contributed by atoms with Gasteiger partial charge in [-0.25, -0.2) is 8.42 Å². The first kappa shape index (κ1) is 18.7. The summed E-state index contributed by atoms with van der Waals surface area (Å²) in [4.78, 5) is 25.5. The number of hydrogen-bond acceptors (Lipinski definition) is 6. The molecule has 0 saturated carbocycles. The quantitative estimate of drug-likeness (QED) is 0.447. The number of carbonyl (C=O) groups excluding carboxylic acids is 2. The third kappa shape index (κ3) is 2.94. The van der Waals surface area contributed by atoms with Crippen LogP contribution in [0.3, 0.4) is 0 Å². The number of carbonyl (C=O) groups is 2. The van der Waals surface area contributed by atoms with Crippen LogP contribution in [-0.2, 0) is 10.0 Å². The van der Waals surface area contributed by atoms with Crippen LogP contribution < -0.4 is 4.72 Å². The molecule has 1 aliphatic rings. The van der Waals surface area contributed by atoms with Gasteiger partial charge in [-0.05, 0) is 25.1 Å². The molecule has 0 saturated heterocycles. The van der Waals surface area contributed by atoms with Gasteiger partial charge in [-0.2, -0.15) is 0 Å². The SMILES string of the molecule is Cc1ccc(S(=O)(=O)Nc2cc3c(c(O)c2O)C(=O)c2ccccc2C3=O)cc1. The fourth-order valence-electron chi connectivity index (χ4n) is 3.23. The first-order chi connectivity index (χ1) is 13.7. The summed E-state index contributed by atoms with van der Waals surface area (Å²) in [5.41, 5.74) is 0.161. The van der Waals surface area contributed by atoms with E-state index in [0.717, 1.165) is 11.6 Å². The van der Waals surface area contributed by atoms with Crippen LogP contribution in [0.1, 0.15) is 37.4 Å². The number of anilines is 1. The van der Waals surface area contributed by atoms with Crippen molar-refractivity contribution in [3.63, 3.8) is 0 Å². The number of aromatic hydroxyl groups is 2. The number of rotatable bonds is 3. The van der Waals surface area contributed by atoms with Crippen molar-refractivity contribution in [2.45, 2.75) is 11.8 Å². The lowest BCUT2D eigenvalue weighted by Gasteiger charge is -2.20. The molecule has 1 aliphatic carbocycles. The zero-order valence-electron chi connectivity index (χ0n) is 15.1. The van der Waals surface area contributed by atoms with Crippen LogP contribution in [-0.4, -0.2) is 30.2 Å². The van der Waals surface area contributed by atoms with Gasteiger partial charge in [0.15, 0.2) is 23.1 Å². The normalized spacial score (nSPS) is 13.0. The van der Waals surface area contributed by atoms with E-state index < -0.39 is 38.8 Å². The molecule has 0 atom stereocenters. The van der Waals surface area contributed by atoms with Crippen LogP contribution in [0.2, 0.25) is 0 Å². The predicted molar refractivity (Wildman–Crippen MR) is 105 cm³/mol. The van der Waals surface area contributed by atoms with Crippen LogP contribution in [0, 0.1) is 6.92 Å². The summed E-state index contributed by atoms with van der Waals surface area (Å²) in [5.74, 6) is -2.87. The average molecular weight is 409 g/mol. The highest BCUT2D eigenvalue weighted by Gasteiger charge is 2.35. The maximum atomic E-state index is 12.8. The van der Waals surface area contributed by atoms with Crippen LogP contribution >= 0.6 is 0 Å². The van der Waals surface area contributed by atoms with E-state index in [0.29, 0.717) is 0 Å². The Morgan fingerprint density at radius 3 is 2.00 bits per heavy atom. The molecule has 3 N–H and O–H groups in total. The summed E-state index contributed by atoms with van der Waals surface area (Å²) in [6.07, 6.45) is 0. The number of phenols is 2. The number of aryl methyl sites for hydroxylation is 1. The van der Waals surface area contributed by atoms with Crippen molar-refractivity contribution >= 4 is 27.3 Å². The minimum atomic E-state index is -4.10. The van der Waals surface area contributed by atoms with Gasteiger partial charge >= 0.3 is 0 Å². The summed E-state index contributed by atoms with van der Waals surface area (Å²) in [5, 5.41) is 20.7. The van der Waals surface area contributed by atoms with E-state index in [9.17, 15) is 28.2 Å². The van der Waals surface area contributed by atoms with Crippen molar-refractivity contribution < 1.29 is 28.2 Å². The van der Waals surface area contributed by atoms with Gasteiger partial charge in [0, 0.05) is 16.7 Å². The van der Waals surface area contributed by atoms with E-state index in [4.69, 9.17) is 0 Å². The molecule has 0 fully saturated rings. The number of benzene rings is 3. The van der Waals surface area contributed by atoms with E-state index >= 15 is 0 Å². The fraction of sp³-hybridized carbons (Fsp3) is 0.0476. The molecule has 0 unspecified atom stereocenters. The smallest absolute Gasteiger partial charge is 0.262 e. The molecule has 146 valence electrons. The Bertz CT molecular complexity index is 1290. The first-order valence-electron chi connectivity index (χ1n) is 8.57. The summed E-state index contributed by atoms with van der Waals surface area (Å²) in [6, 6.07) is 13.1. The second-order valence-electron chi connectivity index (χ2n) is 6.67. The molecule has 8 heteroatoms. The molecule has 3 aromatic carbocycles. The second kappa shape index (κ2) is 6.46. The van der Waals surface area contributed by atoms with E-state index in [1.165, 1.54) is 24.3 Å². The Kier molecular flexibility index (Phi) is 4.16. The average Bonchev–Trinajstić information content (AvgIpc) is 2.70. The highest BCUT2D eigenvalue weighted by molar-refractivity contribution is 7.92. The van der Waals surface area contributed by atoms with Gasteiger partial charge in [-0.15, -0.1) is 0 Å². The lowest BCUT2D eigenvalue weighted by molar-refractivity contribution is 0.0976. The molecular formula is C21H15NO6S. The van der Waals surface area contributed by atoms with Crippen molar-refractivity contribution in [1.82, 2.24) is 0 Å². The van der Waals surface area contributed by atoms with Gasteiger partial charge in [0.05, 0.1) is 16.1 Å². The number of nitrogens with one attached hydrogen (secondary N) is 1. The van der Waals surface area contributed by atoms with Crippen molar-refractivity contribution in [1.29, 1.82) is 0 Å². The number of hydrogen-bond donors (Lipinski definition) is 3. The van der Waals surface area contributed by atoms with Crippen LogP contribution in [0.4, 0.5) is 5.69 Å². The highest BCUT2D eigenvalue weighted by atomic mass is 32.2. The molecule has 4 rings (SSSR count). The minimum absolute atomic E-state index is 0.0625. The summed E-state index contributed by atoms with van der Waals surface area (Å²) < 4.78 is 27.4. The van der Waals surface area contributed by atoms with Gasteiger partial charge in [0.2, 0.25) is 0 Å². The molecule has 29 heavy (non-hydrogen) atoms. The van der Waals surface area contributed by atoms with E-state index in [1.807, 2.05) is 0 Å². The Hall–Kier alpha value is -3.65. The van der Waals surface area contributed by atoms with Crippen molar-refractivity contribution in [3.05, 3.63) is 82.4 Å².